The standard InChI is InChI=1S/C17H26N2O2/c1-3-4-13-21-16-8-5-7-15(14-16)17(20)19-10-6-9-18(2)11-12-19/h5,7-8,14H,3-4,6,9-13H2,1-2H3. The van der Waals surface area contributed by atoms with Crippen LogP contribution in [0.2, 0.25) is 0 Å². The van der Waals surface area contributed by atoms with E-state index in [-0.39, 0.29) is 5.91 Å². The van der Waals surface area contributed by atoms with E-state index in [9.17, 15) is 4.79 Å². The summed E-state index contributed by atoms with van der Waals surface area (Å²) in [6.07, 6.45) is 3.19. The quantitative estimate of drug-likeness (QED) is 0.782. The van der Waals surface area contributed by atoms with E-state index in [1.165, 1.54) is 0 Å². The molecule has 1 aromatic rings. The van der Waals surface area contributed by atoms with Crippen molar-refractivity contribution in [3.05, 3.63) is 29.8 Å². The second-order valence-electron chi connectivity index (χ2n) is 5.68. The molecule has 0 N–H and O–H groups in total. The summed E-state index contributed by atoms with van der Waals surface area (Å²) in [6, 6.07) is 7.57. The summed E-state index contributed by atoms with van der Waals surface area (Å²) in [5.41, 5.74) is 0.730. The van der Waals surface area contributed by atoms with Gasteiger partial charge in [0.05, 0.1) is 6.61 Å². The zero-order valence-electron chi connectivity index (χ0n) is 13.2. The number of rotatable bonds is 5. The molecule has 2 rings (SSSR count). The van der Waals surface area contributed by atoms with E-state index in [0.717, 1.165) is 56.8 Å². The zero-order chi connectivity index (χ0) is 15.1. The second-order valence-corrected chi connectivity index (χ2v) is 5.68. The van der Waals surface area contributed by atoms with Gasteiger partial charge in [-0.2, -0.15) is 0 Å². The van der Waals surface area contributed by atoms with Crippen LogP contribution in [0, 0.1) is 0 Å². The molecule has 0 radical (unpaired) electrons. The third-order valence-corrected chi connectivity index (χ3v) is 3.85. The fraction of sp³-hybridized carbons (Fsp3) is 0.588. The first-order valence-corrected chi connectivity index (χ1v) is 7.91. The lowest BCUT2D eigenvalue weighted by Gasteiger charge is -2.21. The van der Waals surface area contributed by atoms with E-state index in [4.69, 9.17) is 4.74 Å². The summed E-state index contributed by atoms with van der Waals surface area (Å²) in [7, 11) is 2.11. The predicted molar refractivity (Wildman–Crippen MR) is 84.9 cm³/mol. The van der Waals surface area contributed by atoms with Gasteiger partial charge in [-0.15, -0.1) is 0 Å². The molecule has 4 heteroatoms. The highest BCUT2D eigenvalue weighted by molar-refractivity contribution is 5.94. The van der Waals surface area contributed by atoms with Crippen molar-refractivity contribution in [3.8, 4) is 5.75 Å². The Morgan fingerprint density at radius 2 is 2.10 bits per heavy atom. The molecule has 1 fully saturated rings. The van der Waals surface area contributed by atoms with Gasteiger partial charge in [-0.3, -0.25) is 4.79 Å². The molecule has 0 unspecified atom stereocenters. The molecule has 0 aliphatic carbocycles. The molecule has 1 aromatic carbocycles. The minimum Gasteiger partial charge on any atom is -0.494 e. The van der Waals surface area contributed by atoms with Crippen LogP contribution in [0.3, 0.4) is 0 Å². The molecule has 1 amide bonds. The van der Waals surface area contributed by atoms with Gasteiger partial charge in [-0.05, 0) is 44.6 Å². The number of nitrogens with zero attached hydrogens (tertiary/aromatic N) is 2. The lowest BCUT2D eigenvalue weighted by atomic mass is 10.2. The SMILES string of the molecule is CCCCOc1cccc(C(=O)N2CCCN(C)CC2)c1. The summed E-state index contributed by atoms with van der Waals surface area (Å²) in [6.45, 7) is 6.49. The Kier molecular flexibility index (Phi) is 6.05. The van der Waals surface area contributed by atoms with Crippen LogP contribution in [0.5, 0.6) is 5.75 Å². The number of carbonyl (C=O) groups is 1. The predicted octanol–water partition coefficient (Wildman–Crippen LogP) is 2.64. The maximum Gasteiger partial charge on any atom is 0.254 e. The number of ether oxygens (including phenoxy) is 1. The molecule has 0 atom stereocenters. The van der Waals surface area contributed by atoms with Gasteiger partial charge in [0.15, 0.2) is 0 Å². The van der Waals surface area contributed by atoms with E-state index in [2.05, 4.69) is 18.9 Å². The summed E-state index contributed by atoms with van der Waals surface area (Å²) in [5.74, 6) is 0.910. The maximum atomic E-state index is 12.6. The van der Waals surface area contributed by atoms with Gasteiger partial charge < -0.3 is 14.5 Å². The smallest absolute Gasteiger partial charge is 0.254 e. The van der Waals surface area contributed by atoms with Crippen molar-refractivity contribution in [1.29, 1.82) is 0 Å². The molecular formula is C17H26N2O2. The number of likely N-dealkylation sites (N-methyl/N-ethyl adjacent to an activating group) is 1. The molecule has 1 saturated heterocycles. The second kappa shape index (κ2) is 8.03. The summed E-state index contributed by atoms with van der Waals surface area (Å²) in [4.78, 5) is 16.8. The third-order valence-electron chi connectivity index (χ3n) is 3.85. The molecule has 0 saturated carbocycles. The number of benzene rings is 1. The van der Waals surface area contributed by atoms with E-state index >= 15 is 0 Å². The first-order chi connectivity index (χ1) is 10.2. The van der Waals surface area contributed by atoms with Crippen molar-refractivity contribution in [3.63, 3.8) is 0 Å². The molecule has 1 aliphatic rings. The Morgan fingerprint density at radius 1 is 1.24 bits per heavy atom. The molecule has 4 nitrogen and oxygen atoms in total. The Labute approximate surface area is 127 Å². The zero-order valence-corrected chi connectivity index (χ0v) is 13.2. The number of hydrogen-bond acceptors (Lipinski definition) is 3. The van der Waals surface area contributed by atoms with Crippen molar-refractivity contribution in [2.24, 2.45) is 0 Å². The molecule has 1 aliphatic heterocycles. The summed E-state index contributed by atoms with van der Waals surface area (Å²) in [5, 5.41) is 0. The molecular weight excluding hydrogens is 264 g/mol. The van der Waals surface area contributed by atoms with E-state index in [1.54, 1.807) is 0 Å². The molecule has 116 valence electrons. The van der Waals surface area contributed by atoms with Crippen LogP contribution >= 0.6 is 0 Å². The highest BCUT2D eigenvalue weighted by Crippen LogP contribution is 2.16. The summed E-state index contributed by atoms with van der Waals surface area (Å²) < 4.78 is 5.69. The van der Waals surface area contributed by atoms with Crippen LogP contribution in [0.25, 0.3) is 0 Å². The Morgan fingerprint density at radius 3 is 2.90 bits per heavy atom. The van der Waals surface area contributed by atoms with E-state index in [1.807, 2.05) is 29.2 Å². The van der Waals surface area contributed by atoms with Crippen LogP contribution in [0.15, 0.2) is 24.3 Å². The van der Waals surface area contributed by atoms with Crippen molar-refractivity contribution < 1.29 is 9.53 Å². The lowest BCUT2D eigenvalue weighted by Crippen LogP contribution is -2.34. The van der Waals surface area contributed by atoms with Crippen molar-refractivity contribution in [1.82, 2.24) is 9.80 Å². The molecule has 0 bridgehead atoms. The average Bonchev–Trinajstić information content (AvgIpc) is 2.72. The highest BCUT2D eigenvalue weighted by atomic mass is 16.5. The minimum atomic E-state index is 0.117. The lowest BCUT2D eigenvalue weighted by molar-refractivity contribution is 0.0762. The van der Waals surface area contributed by atoms with Crippen LogP contribution in [-0.4, -0.2) is 55.5 Å². The fourth-order valence-corrected chi connectivity index (χ4v) is 2.49. The van der Waals surface area contributed by atoms with Crippen LogP contribution < -0.4 is 4.74 Å². The van der Waals surface area contributed by atoms with E-state index in [0.29, 0.717) is 6.61 Å². The van der Waals surface area contributed by atoms with Gasteiger partial charge >= 0.3 is 0 Å². The maximum absolute atomic E-state index is 12.6. The van der Waals surface area contributed by atoms with Crippen molar-refractivity contribution in [2.75, 3.05) is 39.8 Å². The molecule has 1 heterocycles. The topological polar surface area (TPSA) is 32.8 Å². The number of amides is 1. The van der Waals surface area contributed by atoms with Crippen molar-refractivity contribution >= 4 is 5.91 Å². The highest BCUT2D eigenvalue weighted by Gasteiger charge is 2.19. The minimum absolute atomic E-state index is 0.117. The fourth-order valence-electron chi connectivity index (χ4n) is 2.49. The number of hydrogen-bond donors (Lipinski definition) is 0. The first-order valence-electron chi connectivity index (χ1n) is 7.91. The van der Waals surface area contributed by atoms with Crippen molar-refractivity contribution in [2.45, 2.75) is 26.2 Å². The van der Waals surface area contributed by atoms with Gasteiger partial charge in [0.25, 0.3) is 5.91 Å². The van der Waals surface area contributed by atoms with Gasteiger partial charge in [0.2, 0.25) is 0 Å². The van der Waals surface area contributed by atoms with Crippen LogP contribution in [0.1, 0.15) is 36.5 Å². The van der Waals surface area contributed by atoms with Gasteiger partial charge in [-0.25, -0.2) is 0 Å². The largest absolute Gasteiger partial charge is 0.494 e. The monoisotopic (exact) mass is 290 g/mol. The Bertz CT molecular complexity index is 462. The van der Waals surface area contributed by atoms with Gasteiger partial charge in [-0.1, -0.05) is 19.4 Å². The molecule has 21 heavy (non-hydrogen) atoms. The molecule has 0 spiro atoms. The Hall–Kier alpha value is -1.55. The number of unbranched alkanes of at least 4 members (excludes halogenated alkanes) is 1. The third kappa shape index (κ3) is 4.74. The Balaban J connectivity index is 1.99. The van der Waals surface area contributed by atoms with Crippen LogP contribution in [-0.2, 0) is 0 Å². The van der Waals surface area contributed by atoms with Gasteiger partial charge in [0, 0.05) is 25.2 Å². The van der Waals surface area contributed by atoms with Crippen LogP contribution in [0.4, 0.5) is 0 Å². The molecule has 0 aromatic heterocycles. The summed E-state index contributed by atoms with van der Waals surface area (Å²) >= 11 is 0. The average molecular weight is 290 g/mol. The first kappa shape index (κ1) is 15.8. The van der Waals surface area contributed by atoms with Gasteiger partial charge in [0.1, 0.15) is 5.75 Å². The normalized spacial score (nSPS) is 16.6. The van der Waals surface area contributed by atoms with E-state index < -0.39 is 0 Å². The number of carbonyl (C=O) groups excluding carboxylic acids is 1.